The lowest BCUT2D eigenvalue weighted by Crippen LogP contribution is -2.26. The molecule has 98 valence electrons. The lowest BCUT2D eigenvalue weighted by molar-refractivity contribution is -0.121. The Hall–Kier alpha value is -0.580. The molecule has 0 aromatic heterocycles. The van der Waals surface area contributed by atoms with E-state index in [9.17, 15) is 4.79 Å². The molecule has 1 aromatic carbocycles. The van der Waals surface area contributed by atoms with Crippen LogP contribution in [0.5, 0.6) is 0 Å². The van der Waals surface area contributed by atoms with Crippen molar-refractivity contribution >= 4 is 34.2 Å². The lowest BCUT2D eigenvalue weighted by Gasteiger charge is -2.25. The minimum atomic E-state index is 0.201. The van der Waals surface area contributed by atoms with Crippen LogP contribution in [0.1, 0.15) is 38.2 Å². The quantitative estimate of drug-likeness (QED) is 0.783. The van der Waals surface area contributed by atoms with Crippen molar-refractivity contribution in [1.29, 1.82) is 0 Å². The van der Waals surface area contributed by atoms with Crippen molar-refractivity contribution in [3.05, 3.63) is 27.3 Å². The van der Waals surface area contributed by atoms with Gasteiger partial charge in [-0.25, -0.2) is 0 Å². The maximum atomic E-state index is 12.2. The fourth-order valence-electron chi connectivity index (χ4n) is 2.50. The number of amides is 1. The van der Waals surface area contributed by atoms with Crippen molar-refractivity contribution in [1.82, 2.24) is 0 Å². The third-order valence-electron chi connectivity index (χ3n) is 3.91. The van der Waals surface area contributed by atoms with Gasteiger partial charge < -0.3 is 5.32 Å². The topological polar surface area (TPSA) is 29.1 Å². The summed E-state index contributed by atoms with van der Waals surface area (Å²) in [4.78, 5) is 12.2. The van der Waals surface area contributed by atoms with E-state index >= 15 is 0 Å². The fourth-order valence-corrected chi connectivity index (χ4v) is 3.00. The lowest BCUT2D eigenvalue weighted by atomic mass is 9.82. The first kappa shape index (κ1) is 13.8. The second kappa shape index (κ2) is 6.04. The molecule has 1 aliphatic carbocycles. The van der Waals surface area contributed by atoms with Crippen molar-refractivity contribution in [3.63, 3.8) is 0 Å². The van der Waals surface area contributed by atoms with Crippen molar-refractivity contribution in [3.8, 4) is 0 Å². The molecular formula is C15H20INO. The monoisotopic (exact) mass is 357 g/mol. The number of anilines is 1. The van der Waals surface area contributed by atoms with Crippen LogP contribution >= 0.6 is 22.6 Å². The van der Waals surface area contributed by atoms with Crippen LogP contribution in [0.2, 0.25) is 0 Å². The average molecular weight is 357 g/mol. The maximum Gasteiger partial charge on any atom is 0.227 e. The van der Waals surface area contributed by atoms with Gasteiger partial charge in [0, 0.05) is 15.2 Å². The molecule has 1 amide bonds. The molecule has 0 saturated heterocycles. The van der Waals surface area contributed by atoms with Gasteiger partial charge in [0.05, 0.1) is 0 Å². The largest absolute Gasteiger partial charge is 0.326 e. The number of halogens is 1. The maximum absolute atomic E-state index is 12.2. The normalized spacial score (nSPS) is 23.7. The number of nitrogens with one attached hydrogen (secondary N) is 1. The molecule has 1 fully saturated rings. The van der Waals surface area contributed by atoms with Crippen molar-refractivity contribution < 1.29 is 4.79 Å². The SMILES string of the molecule is Cc1c(I)cccc1NC(=O)C1CCC(C)CC1. The smallest absolute Gasteiger partial charge is 0.227 e. The molecule has 2 nitrogen and oxygen atoms in total. The molecule has 1 saturated carbocycles. The van der Waals surface area contributed by atoms with Crippen LogP contribution in [0.25, 0.3) is 0 Å². The highest BCUT2D eigenvalue weighted by Gasteiger charge is 2.24. The fraction of sp³-hybridized carbons (Fsp3) is 0.533. The van der Waals surface area contributed by atoms with Crippen LogP contribution in [0.4, 0.5) is 5.69 Å². The standard InChI is InChI=1S/C15H20INO/c1-10-6-8-12(9-7-10)15(18)17-14-5-3-4-13(16)11(14)2/h3-5,10,12H,6-9H2,1-2H3,(H,17,18). The summed E-state index contributed by atoms with van der Waals surface area (Å²) in [6.07, 6.45) is 4.44. The number of carbonyl (C=O) groups is 1. The van der Waals surface area contributed by atoms with Gasteiger partial charge in [0.1, 0.15) is 0 Å². The summed E-state index contributed by atoms with van der Waals surface area (Å²) >= 11 is 2.30. The molecule has 1 aromatic rings. The van der Waals surface area contributed by atoms with Gasteiger partial charge in [-0.2, -0.15) is 0 Å². The predicted molar refractivity (Wildman–Crippen MR) is 83.6 cm³/mol. The molecule has 1 N–H and O–H groups in total. The molecule has 0 radical (unpaired) electrons. The van der Waals surface area contributed by atoms with Gasteiger partial charge in [-0.15, -0.1) is 0 Å². The van der Waals surface area contributed by atoms with E-state index in [0.717, 1.165) is 30.0 Å². The first-order valence-electron chi connectivity index (χ1n) is 6.64. The van der Waals surface area contributed by atoms with Crippen LogP contribution in [-0.4, -0.2) is 5.91 Å². The van der Waals surface area contributed by atoms with E-state index in [0.29, 0.717) is 0 Å². The summed E-state index contributed by atoms with van der Waals surface area (Å²) in [7, 11) is 0. The van der Waals surface area contributed by atoms with Gasteiger partial charge in [0.15, 0.2) is 0 Å². The van der Waals surface area contributed by atoms with E-state index in [-0.39, 0.29) is 11.8 Å². The van der Waals surface area contributed by atoms with Gasteiger partial charge in [0.2, 0.25) is 5.91 Å². The highest BCUT2D eigenvalue weighted by atomic mass is 127. The second-order valence-electron chi connectivity index (χ2n) is 5.36. The Bertz CT molecular complexity index is 436. The van der Waals surface area contributed by atoms with E-state index in [1.807, 2.05) is 12.1 Å². The molecule has 18 heavy (non-hydrogen) atoms. The van der Waals surface area contributed by atoms with E-state index < -0.39 is 0 Å². The summed E-state index contributed by atoms with van der Waals surface area (Å²) < 4.78 is 1.20. The number of rotatable bonds is 2. The predicted octanol–water partition coefficient (Wildman–Crippen LogP) is 4.36. The highest BCUT2D eigenvalue weighted by molar-refractivity contribution is 14.1. The zero-order valence-corrected chi connectivity index (χ0v) is 13.2. The van der Waals surface area contributed by atoms with Crippen LogP contribution in [0.3, 0.4) is 0 Å². The zero-order chi connectivity index (χ0) is 13.1. The minimum Gasteiger partial charge on any atom is -0.326 e. The third-order valence-corrected chi connectivity index (χ3v) is 5.08. The van der Waals surface area contributed by atoms with E-state index in [4.69, 9.17) is 0 Å². The van der Waals surface area contributed by atoms with Crippen LogP contribution in [-0.2, 0) is 4.79 Å². The summed E-state index contributed by atoms with van der Waals surface area (Å²) in [6.45, 7) is 4.33. The number of benzene rings is 1. The van der Waals surface area contributed by atoms with Crippen molar-refractivity contribution in [2.75, 3.05) is 5.32 Å². The van der Waals surface area contributed by atoms with Crippen LogP contribution < -0.4 is 5.32 Å². The number of hydrogen-bond acceptors (Lipinski definition) is 1. The minimum absolute atomic E-state index is 0.201. The zero-order valence-electron chi connectivity index (χ0n) is 11.0. The van der Waals surface area contributed by atoms with E-state index in [2.05, 4.69) is 47.8 Å². The molecular weight excluding hydrogens is 337 g/mol. The van der Waals surface area contributed by atoms with Crippen LogP contribution in [0, 0.1) is 22.3 Å². The Morgan fingerprint density at radius 2 is 1.94 bits per heavy atom. The average Bonchev–Trinajstić information content (AvgIpc) is 2.36. The first-order chi connectivity index (χ1) is 8.58. The Labute approximate surface area is 123 Å². The van der Waals surface area contributed by atoms with Crippen molar-refractivity contribution in [2.24, 2.45) is 11.8 Å². The summed E-state index contributed by atoms with van der Waals surface area (Å²) in [5, 5.41) is 3.09. The second-order valence-corrected chi connectivity index (χ2v) is 6.52. The van der Waals surface area contributed by atoms with Gasteiger partial charge in [0.25, 0.3) is 0 Å². The number of carbonyl (C=O) groups excluding carboxylic acids is 1. The van der Waals surface area contributed by atoms with Gasteiger partial charge in [-0.3, -0.25) is 4.79 Å². The molecule has 0 unspecified atom stereocenters. The summed E-state index contributed by atoms with van der Waals surface area (Å²) in [6, 6.07) is 6.04. The van der Waals surface area contributed by atoms with Gasteiger partial charge in [-0.1, -0.05) is 13.0 Å². The number of hydrogen-bond donors (Lipinski definition) is 1. The Morgan fingerprint density at radius 1 is 1.28 bits per heavy atom. The Kier molecular flexibility index (Phi) is 4.65. The molecule has 0 spiro atoms. The highest BCUT2D eigenvalue weighted by Crippen LogP contribution is 2.29. The molecule has 2 rings (SSSR count). The molecule has 0 bridgehead atoms. The third kappa shape index (κ3) is 3.25. The molecule has 0 aliphatic heterocycles. The van der Waals surface area contributed by atoms with Crippen LogP contribution in [0.15, 0.2) is 18.2 Å². The Balaban J connectivity index is 2.01. The summed E-state index contributed by atoms with van der Waals surface area (Å²) in [5.74, 6) is 1.19. The molecule has 1 aliphatic rings. The summed E-state index contributed by atoms with van der Waals surface area (Å²) in [5.41, 5.74) is 2.13. The first-order valence-corrected chi connectivity index (χ1v) is 7.71. The molecule has 0 atom stereocenters. The molecule has 3 heteroatoms. The van der Waals surface area contributed by atoms with E-state index in [1.165, 1.54) is 16.4 Å². The van der Waals surface area contributed by atoms with Crippen molar-refractivity contribution in [2.45, 2.75) is 39.5 Å². The Morgan fingerprint density at radius 3 is 2.61 bits per heavy atom. The van der Waals surface area contributed by atoms with Gasteiger partial charge in [-0.05, 0) is 78.8 Å². The molecule has 0 heterocycles. The van der Waals surface area contributed by atoms with E-state index in [1.54, 1.807) is 0 Å². The van der Waals surface area contributed by atoms with Gasteiger partial charge >= 0.3 is 0 Å².